The van der Waals surface area contributed by atoms with Crippen molar-refractivity contribution in [2.75, 3.05) is 0 Å². The average molecular weight is 723 g/mol. The van der Waals surface area contributed by atoms with Gasteiger partial charge in [-0.2, -0.15) is 39.5 Å². The Bertz CT molecular complexity index is 1250. The number of hydrogen-bond donors (Lipinski definition) is 2. The third-order valence-electron chi connectivity index (χ3n) is 4.83. The number of hydrogen-bond acceptors (Lipinski definition) is 2. The van der Waals surface area contributed by atoms with Crippen molar-refractivity contribution < 1.29 is 53.5 Å². The zero-order valence-corrected chi connectivity index (χ0v) is 22.6. The summed E-state index contributed by atoms with van der Waals surface area (Å²) in [7, 11) is 0. The average Bonchev–Trinajstić information content (AvgIpc) is 2.80. The van der Waals surface area contributed by atoms with E-state index in [1.165, 1.54) is 10.9 Å². The predicted molar refractivity (Wildman–Crippen MR) is 127 cm³/mol. The summed E-state index contributed by atoms with van der Waals surface area (Å²) in [6, 6.07) is 3.00. The summed E-state index contributed by atoms with van der Waals surface area (Å²) in [5, 5.41) is 0.0179. The minimum absolute atomic E-state index is 0.0179. The van der Waals surface area contributed by atoms with Crippen LogP contribution in [0.3, 0.4) is 0 Å². The van der Waals surface area contributed by atoms with Gasteiger partial charge < -0.3 is 0 Å². The van der Waals surface area contributed by atoms with E-state index < -0.39 is 77.2 Å². The predicted octanol–water partition coefficient (Wildman–Crippen LogP) is 8.64. The van der Waals surface area contributed by atoms with Gasteiger partial charge in [-0.15, -0.1) is 0 Å². The number of alkyl halides is 9. The molecular weight excluding hydrogens is 709 g/mol. The maximum atomic E-state index is 14.9. The Morgan fingerprint density at radius 2 is 1.49 bits per heavy atom. The minimum atomic E-state index is -5.32. The molecule has 0 saturated heterocycles. The van der Waals surface area contributed by atoms with Gasteiger partial charge in [-0.3, -0.25) is 20.4 Å². The fourth-order valence-corrected chi connectivity index (χ4v) is 4.34. The van der Waals surface area contributed by atoms with Crippen LogP contribution in [-0.2, 0) is 11.0 Å². The molecule has 0 heterocycles. The lowest BCUT2D eigenvalue weighted by Gasteiger charge is -2.19. The van der Waals surface area contributed by atoms with Gasteiger partial charge in [-0.05, 0) is 67.8 Å². The number of hydrazine groups is 1. The molecule has 0 fully saturated rings. The van der Waals surface area contributed by atoms with Crippen LogP contribution in [-0.4, -0.2) is 24.2 Å². The highest BCUT2D eigenvalue weighted by Crippen LogP contribution is 2.43. The maximum absolute atomic E-state index is 14.9. The molecule has 0 bridgehead atoms. The molecule has 0 aliphatic rings. The first-order valence-corrected chi connectivity index (χ1v) is 12.1. The van der Waals surface area contributed by atoms with Crippen molar-refractivity contribution in [2.45, 2.75) is 37.3 Å². The van der Waals surface area contributed by atoms with Crippen molar-refractivity contribution in [3.05, 3.63) is 72.6 Å². The zero-order chi connectivity index (χ0) is 29.9. The Morgan fingerprint density at radius 1 is 0.923 bits per heavy atom. The van der Waals surface area contributed by atoms with Crippen LogP contribution in [0.5, 0.6) is 0 Å². The van der Waals surface area contributed by atoms with Crippen LogP contribution < -0.4 is 10.9 Å². The first-order valence-electron chi connectivity index (χ1n) is 10.2. The third-order valence-corrected chi connectivity index (χ3v) is 6.94. The highest BCUT2D eigenvalue weighted by molar-refractivity contribution is 9.11. The molecule has 2 amide bonds. The topological polar surface area (TPSA) is 58.2 Å². The Balaban J connectivity index is 2.41. The summed E-state index contributed by atoms with van der Waals surface area (Å²) in [6.07, 6.45) is -17.8. The molecule has 1 atom stereocenters. The number of carbonyl (C=O) groups excluding carboxylic acids is 2. The normalized spacial score (nSPS) is 13.7. The number of halogens is 13. The first-order chi connectivity index (χ1) is 17.7. The highest BCUT2D eigenvalue weighted by Gasteiger charge is 2.41. The summed E-state index contributed by atoms with van der Waals surface area (Å²) in [4.78, 5) is 23.6. The molecular formula is C22H13Br2ClF10N2O2. The summed E-state index contributed by atoms with van der Waals surface area (Å²) in [6.45, 7) is 0. The van der Waals surface area contributed by atoms with Gasteiger partial charge in [0.2, 0.25) is 5.91 Å². The molecule has 2 aromatic carbocycles. The number of amides is 2. The minimum Gasteiger partial charge on any atom is -0.273 e. The van der Waals surface area contributed by atoms with Crippen LogP contribution in [0.15, 0.2) is 45.4 Å². The smallest absolute Gasteiger partial charge is 0.273 e. The lowest BCUT2D eigenvalue weighted by molar-refractivity contribution is -0.144. The van der Waals surface area contributed by atoms with Crippen molar-refractivity contribution in [1.82, 2.24) is 10.9 Å². The fourth-order valence-electron chi connectivity index (χ4n) is 3.01. The van der Waals surface area contributed by atoms with Crippen LogP contribution in [0.2, 0.25) is 5.02 Å². The van der Waals surface area contributed by atoms with Crippen LogP contribution in [0.25, 0.3) is 5.83 Å². The fraction of sp³-hybridized carbons (Fsp3) is 0.273. The molecule has 0 saturated carbocycles. The molecule has 2 N–H and O–H groups in total. The van der Waals surface area contributed by atoms with Crippen LogP contribution in [0, 0.1) is 0 Å². The summed E-state index contributed by atoms with van der Waals surface area (Å²) < 4.78 is 134. The molecule has 1 unspecified atom stereocenters. The lowest BCUT2D eigenvalue weighted by Crippen LogP contribution is -2.42. The van der Waals surface area contributed by atoms with E-state index >= 15 is 0 Å². The van der Waals surface area contributed by atoms with Gasteiger partial charge in [0.25, 0.3) is 5.91 Å². The molecule has 4 nitrogen and oxygen atoms in total. The maximum Gasteiger partial charge on any atom is 0.417 e. The highest BCUT2D eigenvalue weighted by atomic mass is 79.9. The third kappa shape index (κ3) is 9.38. The van der Waals surface area contributed by atoms with Crippen molar-refractivity contribution in [1.29, 1.82) is 0 Å². The lowest BCUT2D eigenvalue weighted by atomic mass is 9.95. The standard InChI is InChI=1S/C22H13Br2ClF10N2O2/c23-14-6-10(7-15(24)18(14)25)12(21(30,31)32)8-16(26)9-1-2-11(13(5-9)22(33,34)35)19(39)37-36-17(38)3-4-20(27,28)29/h1-2,5-8,12H,3-4H2,(H,36,38)(H,37,39)/b16-8-. The SMILES string of the molecule is O=C(CCC(F)(F)F)NNC(=O)c1ccc(/C(F)=C/C(c2cc(Br)c(Cl)c(Br)c2)C(F)(F)F)cc1C(F)(F)F. The van der Waals surface area contributed by atoms with Crippen LogP contribution in [0.1, 0.15) is 45.8 Å². The van der Waals surface area contributed by atoms with Crippen LogP contribution in [0.4, 0.5) is 43.9 Å². The molecule has 17 heteroatoms. The summed E-state index contributed by atoms with van der Waals surface area (Å²) >= 11 is 11.8. The second-order valence-corrected chi connectivity index (χ2v) is 9.79. The van der Waals surface area contributed by atoms with Gasteiger partial charge in [-0.1, -0.05) is 17.7 Å². The number of carbonyl (C=O) groups is 2. The number of nitrogens with one attached hydrogen (secondary N) is 2. The van der Waals surface area contributed by atoms with Gasteiger partial charge in [0.15, 0.2) is 0 Å². The number of rotatable bonds is 6. The quantitative estimate of drug-likeness (QED) is 0.178. The Kier molecular flexibility index (Phi) is 10.5. The van der Waals surface area contributed by atoms with Gasteiger partial charge >= 0.3 is 18.5 Å². The molecule has 2 aromatic rings. The van der Waals surface area contributed by atoms with E-state index in [0.29, 0.717) is 12.1 Å². The number of allylic oxidation sites excluding steroid dienone is 1. The Labute approximate surface area is 235 Å². The summed E-state index contributed by atoms with van der Waals surface area (Å²) in [5.41, 5.74) is -1.43. The Hall–Kier alpha value is -2.33. The van der Waals surface area contributed by atoms with E-state index in [4.69, 9.17) is 11.6 Å². The molecule has 39 heavy (non-hydrogen) atoms. The molecule has 0 spiro atoms. The van der Waals surface area contributed by atoms with Crippen molar-refractivity contribution in [3.63, 3.8) is 0 Å². The van der Waals surface area contributed by atoms with E-state index in [2.05, 4.69) is 31.9 Å². The van der Waals surface area contributed by atoms with E-state index in [1.807, 2.05) is 0 Å². The number of benzene rings is 2. The zero-order valence-electron chi connectivity index (χ0n) is 18.7. The monoisotopic (exact) mass is 720 g/mol. The van der Waals surface area contributed by atoms with E-state index in [9.17, 15) is 53.5 Å². The molecule has 0 aromatic heterocycles. The largest absolute Gasteiger partial charge is 0.417 e. The second kappa shape index (κ2) is 12.5. The van der Waals surface area contributed by atoms with Gasteiger partial charge in [0.1, 0.15) is 11.7 Å². The van der Waals surface area contributed by atoms with Gasteiger partial charge in [0.05, 0.1) is 22.6 Å². The van der Waals surface area contributed by atoms with Crippen molar-refractivity contribution >= 4 is 61.1 Å². The van der Waals surface area contributed by atoms with Crippen LogP contribution >= 0.6 is 43.5 Å². The van der Waals surface area contributed by atoms with Gasteiger partial charge in [-0.25, -0.2) is 4.39 Å². The molecule has 0 aliphatic heterocycles. The van der Waals surface area contributed by atoms with Crippen molar-refractivity contribution in [3.8, 4) is 0 Å². The van der Waals surface area contributed by atoms with E-state index in [1.54, 1.807) is 0 Å². The molecule has 0 aliphatic carbocycles. The first kappa shape index (κ1) is 32.9. The molecule has 214 valence electrons. The van der Waals surface area contributed by atoms with Crippen molar-refractivity contribution in [2.24, 2.45) is 0 Å². The Morgan fingerprint density at radius 3 is 1.97 bits per heavy atom. The van der Waals surface area contributed by atoms with Gasteiger partial charge in [0, 0.05) is 20.9 Å². The summed E-state index contributed by atoms with van der Waals surface area (Å²) in [5.74, 6) is -7.31. The van der Waals surface area contributed by atoms with E-state index in [-0.39, 0.29) is 26.1 Å². The van der Waals surface area contributed by atoms with E-state index in [0.717, 1.165) is 12.1 Å². The molecule has 0 radical (unpaired) electrons. The second-order valence-electron chi connectivity index (χ2n) is 7.71. The molecule has 2 rings (SSSR count).